The van der Waals surface area contributed by atoms with Crippen LogP contribution in [0.25, 0.3) is 0 Å². The van der Waals surface area contributed by atoms with Gasteiger partial charge in [-0.05, 0) is 43.4 Å². The van der Waals surface area contributed by atoms with E-state index in [4.69, 9.17) is 5.14 Å². The summed E-state index contributed by atoms with van der Waals surface area (Å²) in [7, 11) is -3.81. The molecule has 0 aliphatic heterocycles. The summed E-state index contributed by atoms with van der Waals surface area (Å²) < 4.78 is 22.9. The van der Waals surface area contributed by atoms with Gasteiger partial charge in [0.15, 0.2) is 0 Å². The molecule has 0 spiro atoms. The Morgan fingerprint density at radius 2 is 1.89 bits per heavy atom. The molecule has 6 heteroatoms. The fraction of sp³-hybridized carbons (Fsp3) is 0.462. The van der Waals surface area contributed by atoms with E-state index < -0.39 is 10.0 Å². The highest BCUT2D eigenvalue weighted by molar-refractivity contribution is 7.89. The molecule has 1 aliphatic carbocycles. The maximum absolute atomic E-state index is 12.1. The van der Waals surface area contributed by atoms with Gasteiger partial charge in [-0.1, -0.05) is 13.0 Å². The van der Waals surface area contributed by atoms with Crippen LogP contribution in [-0.4, -0.2) is 20.4 Å². The van der Waals surface area contributed by atoms with Crippen molar-refractivity contribution >= 4 is 15.9 Å². The van der Waals surface area contributed by atoms with Gasteiger partial charge in [0.1, 0.15) is 0 Å². The predicted octanol–water partition coefficient (Wildman–Crippen LogP) is 1.09. The number of aryl methyl sites for hydroxylation is 2. The van der Waals surface area contributed by atoms with Gasteiger partial charge in [-0.15, -0.1) is 0 Å². The molecule has 0 bridgehead atoms. The van der Waals surface area contributed by atoms with Gasteiger partial charge in [0, 0.05) is 11.6 Å². The van der Waals surface area contributed by atoms with Crippen LogP contribution in [0.1, 0.15) is 34.8 Å². The van der Waals surface area contributed by atoms with Crippen molar-refractivity contribution in [2.75, 3.05) is 0 Å². The van der Waals surface area contributed by atoms with Crippen molar-refractivity contribution in [3.05, 3.63) is 28.8 Å². The van der Waals surface area contributed by atoms with E-state index in [1.807, 2.05) is 0 Å². The molecule has 0 heterocycles. The van der Waals surface area contributed by atoms with E-state index in [0.717, 1.165) is 12.0 Å². The van der Waals surface area contributed by atoms with Crippen molar-refractivity contribution in [2.45, 2.75) is 38.1 Å². The average Bonchev–Trinajstić information content (AvgIpc) is 2.91. The van der Waals surface area contributed by atoms with Gasteiger partial charge in [0.25, 0.3) is 5.91 Å². The van der Waals surface area contributed by atoms with Gasteiger partial charge in [0.2, 0.25) is 10.0 Å². The lowest BCUT2D eigenvalue weighted by molar-refractivity contribution is 0.0948. The number of nitrogens with one attached hydrogen (secondary N) is 1. The number of carbonyl (C=O) groups is 1. The number of hydrogen-bond acceptors (Lipinski definition) is 3. The van der Waals surface area contributed by atoms with Crippen molar-refractivity contribution in [1.82, 2.24) is 5.32 Å². The summed E-state index contributed by atoms with van der Waals surface area (Å²) in [5.41, 5.74) is 1.67. The molecule has 1 aliphatic rings. The molecule has 1 aromatic carbocycles. The summed E-state index contributed by atoms with van der Waals surface area (Å²) in [5, 5.41) is 8.04. The van der Waals surface area contributed by atoms with Crippen molar-refractivity contribution in [2.24, 2.45) is 11.1 Å². The van der Waals surface area contributed by atoms with Gasteiger partial charge in [-0.3, -0.25) is 4.79 Å². The molecule has 5 nitrogen and oxygen atoms in total. The van der Waals surface area contributed by atoms with Crippen molar-refractivity contribution in [3.63, 3.8) is 0 Å². The number of nitrogens with two attached hydrogens (primary N) is 1. The summed E-state index contributed by atoms with van der Waals surface area (Å²) in [6.45, 7) is 5.51. The zero-order valence-corrected chi connectivity index (χ0v) is 12.0. The molecule has 1 saturated carbocycles. The van der Waals surface area contributed by atoms with Gasteiger partial charge in [-0.2, -0.15) is 0 Å². The molecule has 2 unspecified atom stereocenters. The molecular formula is C13H18N2O3S. The zero-order valence-electron chi connectivity index (χ0n) is 11.2. The summed E-state index contributed by atoms with van der Waals surface area (Å²) in [4.78, 5) is 12.1. The molecule has 1 aromatic rings. The highest BCUT2D eigenvalue weighted by Crippen LogP contribution is 2.29. The minimum Gasteiger partial charge on any atom is -0.349 e. The van der Waals surface area contributed by atoms with Crippen LogP contribution in [0.3, 0.4) is 0 Å². The lowest BCUT2D eigenvalue weighted by Gasteiger charge is -2.11. The summed E-state index contributed by atoms with van der Waals surface area (Å²) in [5.74, 6) is 0.254. The van der Waals surface area contributed by atoms with E-state index in [9.17, 15) is 13.2 Å². The maximum atomic E-state index is 12.1. The predicted molar refractivity (Wildman–Crippen MR) is 72.3 cm³/mol. The number of carbonyl (C=O) groups excluding carboxylic acids is 1. The third-order valence-electron chi connectivity index (χ3n) is 3.50. The van der Waals surface area contributed by atoms with E-state index in [2.05, 4.69) is 12.2 Å². The summed E-state index contributed by atoms with van der Waals surface area (Å²) in [6.07, 6.45) is 0.971. The quantitative estimate of drug-likeness (QED) is 0.869. The van der Waals surface area contributed by atoms with Crippen LogP contribution in [-0.2, 0) is 10.0 Å². The smallest absolute Gasteiger partial charge is 0.251 e. The Morgan fingerprint density at radius 3 is 2.37 bits per heavy atom. The Bertz CT molecular complexity index is 638. The first-order chi connectivity index (χ1) is 8.70. The molecule has 0 radical (unpaired) electrons. The first-order valence-electron chi connectivity index (χ1n) is 6.15. The van der Waals surface area contributed by atoms with Crippen LogP contribution in [0.4, 0.5) is 0 Å². The van der Waals surface area contributed by atoms with Crippen molar-refractivity contribution < 1.29 is 13.2 Å². The first-order valence-corrected chi connectivity index (χ1v) is 7.69. The SMILES string of the molecule is Cc1cc(C)c(S(N)(=O)=O)cc1C(=O)NC1CC1C. The molecule has 0 saturated heterocycles. The number of primary sulfonamides is 1. The van der Waals surface area contributed by atoms with E-state index in [-0.39, 0.29) is 16.8 Å². The number of amides is 1. The van der Waals surface area contributed by atoms with Crippen LogP contribution in [0.5, 0.6) is 0 Å². The van der Waals surface area contributed by atoms with Crippen LogP contribution in [0, 0.1) is 19.8 Å². The number of benzene rings is 1. The lowest BCUT2D eigenvalue weighted by Crippen LogP contribution is -2.28. The van der Waals surface area contributed by atoms with Crippen LogP contribution in [0.2, 0.25) is 0 Å². The molecule has 1 fully saturated rings. The molecule has 19 heavy (non-hydrogen) atoms. The third kappa shape index (κ3) is 2.96. The van der Waals surface area contributed by atoms with Gasteiger partial charge in [0.05, 0.1) is 4.90 Å². The third-order valence-corrected chi connectivity index (χ3v) is 4.55. The highest BCUT2D eigenvalue weighted by atomic mass is 32.2. The minimum absolute atomic E-state index is 0.00657. The Morgan fingerprint density at radius 1 is 1.32 bits per heavy atom. The van der Waals surface area contributed by atoms with Gasteiger partial charge < -0.3 is 5.32 Å². The van der Waals surface area contributed by atoms with E-state index in [0.29, 0.717) is 17.0 Å². The largest absolute Gasteiger partial charge is 0.349 e. The van der Waals surface area contributed by atoms with Crippen molar-refractivity contribution in [3.8, 4) is 0 Å². The summed E-state index contributed by atoms with van der Waals surface area (Å²) in [6, 6.07) is 3.24. The lowest BCUT2D eigenvalue weighted by atomic mass is 10.1. The van der Waals surface area contributed by atoms with Gasteiger partial charge in [-0.25, -0.2) is 13.6 Å². The number of sulfonamides is 1. The van der Waals surface area contributed by atoms with Crippen LogP contribution < -0.4 is 10.5 Å². The van der Waals surface area contributed by atoms with E-state index >= 15 is 0 Å². The second kappa shape index (κ2) is 4.61. The standard InChI is InChI=1S/C13H18N2O3S/c1-7-4-9(3)12(19(14,17)18)6-10(7)13(16)15-11-5-8(11)2/h4,6,8,11H,5H2,1-3H3,(H,15,16)(H2,14,17,18). The normalized spacial score (nSPS) is 22.1. The molecule has 104 valence electrons. The first kappa shape index (κ1) is 14.0. The molecule has 3 N–H and O–H groups in total. The van der Waals surface area contributed by atoms with Crippen molar-refractivity contribution in [1.29, 1.82) is 0 Å². The van der Waals surface area contributed by atoms with Crippen LogP contribution in [0.15, 0.2) is 17.0 Å². The van der Waals surface area contributed by atoms with E-state index in [1.165, 1.54) is 6.07 Å². The molecule has 2 atom stereocenters. The summed E-state index contributed by atoms with van der Waals surface area (Å²) >= 11 is 0. The van der Waals surface area contributed by atoms with E-state index in [1.54, 1.807) is 19.9 Å². The maximum Gasteiger partial charge on any atom is 0.251 e. The molecule has 0 aromatic heterocycles. The Balaban J connectivity index is 2.37. The molecule has 2 rings (SSSR count). The second-order valence-corrected chi connectivity index (χ2v) is 6.80. The molecular weight excluding hydrogens is 264 g/mol. The number of hydrogen-bond donors (Lipinski definition) is 2. The minimum atomic E-state index is -3.81. The monoisotopic (exact) mass is 282 g/mol. The highest BCUT2D eigenvalue weighted by Gasteiger charge is 2.34. The Kier molecular flexibility index (Phi) is 3.40. The van der Waals surface area contributed by atoms with Gasteiger partial charge >= 0.3 is 0 Å². The Hall–Kier alpha value is -1.40. The molecule has 1 amide bonds. The fourth-order valence-corrected chi connectivity index (χ4v) is 2.94. The van der Waals surface area contributed by atoms with Crippen LogP contribution >= 0.6 is 0 Å². The fourth-order valence-electron chi connectivity index (χ4n) is 2.15. The second-order valence-electron chi connectivity index (χ2n) is 5.27. The Labute approximate surface area is 113 Å². The topological polar surface area (TPSA) is 89.3 Å². The zero-order chi connectivity index (χ0) is 14.4. The number of rotatable bonds is 3. The average molecular weight is 282 g/mol.